The quantitative estimate of drug-likeness (QED) is 0.128. The van der Waals surface area contributed by atoms with Crippen LogP contribution in [0, 0.1) is 17.8 Å². The molecule has 0 spiro atoms. The molecule has 0 radical (unpaired) electrons. The number of likely N-dealkylation sites (tertiary alicyclic amines) is 1. The van der Waals surface area contributed by atoms with E-state index >= 15 is 0 Å². The number of amides is 6. The van der Waals surface area contributed by atoms with Crippen molar-refractivity contribution in [3.63, 3.8) is 0 Å². The van der Waals surface area contributed by atoms with Crippen LogP contribution < -0.4 is 16.4 Å². The van der Waals surface area contributed by atoms with Gasteiger partial charge in [0.25, 0.3) is 5.91 Å². The first-order chi connectivity index (χ1) is 27.2. The Labute approximate surface area is 341 Å². The SMILES string of the molecule is CC[C@H](C)[C@H](NC(=O)[C@H](CCC(N)=O)N(C)C(=O)[C@H](OC(=O)[C@@H](O)C(C)C)C(C)C)C(=O)N[C@@H](C)C(=O)N(C)[C@H](Cc1ccccc1)C(=O)N1CCC[C@H]1C(=O)OC. The second kappa shape index (κ2) is 22.8. The lowest BCUT2D eigenvalue weighted by Gasteiger charge is -2.35. The van der Waals surface area contributed by atoms with Crippen molar-refractivity contribution in [3.05, 3.63) is 35.9 Å². The van der Waals surface area contributed by atoms with Gasteiger partial charge in [-0.2, -0.15) is 0 Å². The van der Waals surface area contributed by atoms with Gasteiger partial charge in [-0.15, -0.1) is 0 Å². The van der Waals surface area contributed by atoms with Crippen LogP contribution in [0.4, 0.5) is 0 Å². The maximum atomic E-state index is 14.1. The smallest absolute Gasteiger partial charge is 0.336 e. The lowest BCUT2D eigenvalue weighted by molar-refractivity contribution is -0.172. The molecule has 5 N–H and O–H groups in total. The highest BCUT2D eigenvalue weighted by Crippen LogP contribution is 2.23. The number of hydrogen-bond donors (Lipinski definition) is 4. The summed E-state index contributed by atoms with van der Waals surface area (Å²) >= 11 is 0. The van der Waals surface area contributed by atoms with E-state index in [0.717, 1.165) is 10.5 Å². The standard InChI is InChI=1S/C41H64N6O11/c1-11-25(6)32(44-35(50)28(19-20-31(42)48)45(8)39(54)34(24(4)5)58-41(56)33(49)23(2)3)36(51)43-26(7)37(52)46(9)30(22-27-16-13-12-14-17-27)38(53)47-21-15-18-29(47)40(55)57-10/h12-14,16-17,23-26,28-30,32-34,49H,11,15,18-22H2,1-10H3,(H2,42,48)(H,43,51)(H,44,50)/t25-,26-,28-,29-,30+,32-,33-,34+/m0/s1. The Balaban J connectivity index is 2.36. The lowest BCUT2D eigenvalue weighted by Crippen LogP contribution is -2.60. The molecule has 17 heteroatoms. The summed E-state index contributed by atoms with van der Waals surface area (Å²) in [5.41, 5.74) is 6.18. The van der Waals surface area contributed by atoms with Crippen molar-refractivity contribution in [2.24, 2.45) is 23.5 Å². The molecule has 0 saturated carbocycles. The van der Waals surface area contributed by atoms with Crippen LogP contribution in [0.25, 0.3) is 0 Å². The van der Waals surface area contributed by atoms with Crippen LogP contribution in [0.15, 0.2) is 30.3 Å². The molecule has 1 aliphatic heterocycles. The number of aliphatic hydroxyl groups excluding tert-OH is 1. The number of primary amides is 1. The van der Waals surface area contributed by atoms with E-state index in [9.17, 15) is 43.5 Å². The average Bonchev–Trinajstić information content (AvgIpc) is 3.69. The molecular weight excluding hydrogens is 752 g/mol. The van der Waals surface area contributed by atoms with E-state index in [-0.39, 0.29) is 19.3 Å². The van der Waals surface area contributed by atoms with Crippen LogP contribution in [0.2, 0.25) is 0 Å². The van der Waals surface area contributed by atoms with Gasteiger partial charge in [0.1, 0.15) is 30.2 Å². The lowest BCUT2D eigenvalue weighted by atomic mass is 9.96. The highest BCUT2D eigenvalue weighted by atomic mass is 16.6. The van der Waals surface area contributed by atoms with Gasteiger partial charge < -0.3 is 45.6 Å². The molecule has 6 amide bonds. The van der Waals surface area contributed by atoms with E-state index in [1.165, 1.54) is 37.9 Å². The summed E-state index contributed by atoms with van der Waals surface area (Å²) in [6, 6.07) is 3.50. The number of likely N-dealkylation sites (N-methyl/N-ethyl adjacent to an activating group) is 2. The molecular formula is C41H64N6O11. The number of carbonyl (C=O) groups excluding carboxylic acids is 8. The summed E-state index contributed by atoms with van der Waals surface area (Å²) in [7, 11) is 4.00. The van der Waals surface area contributed by atoms with Crippen LogP contribution in [-0.4, -0.2) is 137 Å². The van der Waals surface area contributed by atoms with Crippen molar-refractivity contribution in [2.45, 2.75) is 129 Å². The van der Waals surface area contributed by atoms with E-state index in [0.29, 0.717) is 25.8 Å². The maximum Gasteiger partial charge on any atom is 0.336 e. The number of hydrogen-bond acceptors (Lipinski definition) is 11. The number of carbonyl (C=O) groups is 8. The Kier molecular flexibility index (Phi) is 19.3. The van der Waals surface area contributed by atoms with E-state index in [4.69, 9.17) is 15.2 Å². The fourth-order valence-corrected chi connectivity index (χ4v) is 6.68. The van der Waals surface area contributed by atoms with E-state index in [1.807, 2.05) is 18.2 Å². The predicted octanol–water partition coefficient (Wildman–Crippen LogP) is 0.933. The number of nitrogens with two attached hydrogens (primary N) is 1. The minimum absolute atomic E-state index is 0.132. The summed E-state index contributed by atoms with van der Waals surface area (Å²) in [6.45, 7) is 11.7. The highest BCUT2D eigenvalue weighted by molar-refractivity contribution is 5.97. The number of ether oxygens (including phenoxy) is 2. The molecule has 58 heavy (non-hydrogen) atoms. The molecule has 1 heterocycles. The van der Waals surface area contributed by atoms with Crippen LogP contribution >= 0.6 is 0 Å². The van der Waals surface area contributed by atoms with Crippen molar-refractivity contribution >= 4 is 47.4 Å². The number of esters is 2. The Morgan fingerprint density at radius 2 is 1.48 bits per heavy atom. The third kappa shape index (κ3) is 13.2. The van der Waals surface area contributed by atoms with E-state index < -0.39 is 108 Å². The highest BCUT2D eigenvalue weighted by Gasteiger charge is 2.42. The Bertz CT molecular complexity index is 1610. The molecule has 1 fully saturated rings. The van der Waals surface area contributed by atoms with Gasteiger partial charge in [0, 0.05) is 33.5 Å². The van der Waals surface area contributed by atoms with Crippen LogP contribution in [0.3, 0.4) is 0 Å². The number of methoxy groups -OCH3 is 1. The van der Waals surface area contributed by atoms with Crippen molar-refractivity contribution in [2.75, 3.05) is 27.7 Å². The molecule has 1 saturated heterocycles. The minimum atomic E-state index is -1.49. The van der Waals surface area contributed by atoms with Gasteiger partial charge in [-0.1, -0.05) is 78.3 Å². The molecule has 2 rings (SSSR count). The average molecular weight is 817 g/mol. The van der Waals surface area contributed by atoms with Crippen molar-refractivity contribution in [3.8, 4) is 0 Å². The number of nitrogens with one attached hydrogen (secondary N) is 2. The molecule has 0 unspecified atom stereocenters. The number of rotatable bonds is 21. The largest absolute Gasteiger partial charge is 0.467 e. The van der Waals surface area contributed by atoms with Crippen molar-refractivity contribution in [1.82, 2.24) is 25.3 Å². The zero-order valence-electron chi connectivity index (χ0n) is 35.6. The van der Waals surface area contributed by atoms with E-state index in [2.05, 4.69) is 10.6 Å². The Morgan fingerprint density at radius 1 is 0.879 bits per heavy atom. The number of aliphatic hydroxyl groups is 1. The summed E-state index contributed by atoms with van der Waals surface area (Å²) in [4.78, 5) is 111. The summed E-state index contributed by atoms with van der Waals surface area (Å²) < 4.78 is 10.3. The van der Waals surface area contributed by atoms with Gasteiger partial charge in [0.05, 0.1) is 7.11 Å². The van der Waals surface area contributed by atoms with Crippen LogP contribution in [0.1, 0.15) is 86.1 Å². The molecule has 1 aromatic carbocycles. The predicted molar refractivity (Wildman–Crippen MR) is 213 cm³/mol. The van der Waals surface area contributed by atoms with Crippen molar-refractivity contribution in [1.29, 1.82) is 0 Å². The molecule has 17 nitrogen and oxygen atoms in total. The minimum Gasteiger partial charge on any atom is -0.467 e. The zero-order valence-corrected chi connectivity index (χ0v) is 35.6. The fourth-order valence-electron chi connectivity index (χ4n) is 6.68. The topological polar surface area (TPSA) is 235 Å². The molecule has 324 valence electrons. The second-order valence-corrected chi connectivity index (χ2v) is 15.7. The van der Waals surface area contributed by atoms with Gasteiger partial charge in [0.15, 0.2) is 12.2 Å². The third-order valence-corrected chi connectivity index (χ3v) is 10.7. The monoisotopic (exact) mass is 816 g/mol. The Morgan fingerprint density at radius 3 is 2.02 bits per heavy atom. The molecule has 1 aliphatic rings. The van der Waals surface area contributed by atoms with Gasteiger partial charge >= 0.3 is 11.9 Å². The van der Waals surface area contributed by atoms with Gasteiger partial charge in [-0.05, 0) is 49.5 Å². The van der Waals surface area contributed by atoms with E-state index in [1.54, 1.807) is 53.7 Å². The first-order valence-electron chi connectivity index (χ1n) is 19.9. The molecule has 1 aromatic rings. The van der Waals surface area contributed by atoms with Gasteiger partial charge in [-0.25, -0.2) is 9.59 Å². The fraction of sp³-hybridized carbons (Fsp3) is 0.659. The molecule has 8 atom stereocenters. The normalized spacial score (nSPS) is 17.5. The van der Waals surface area contributed by atoms with Crippen molar-refractivity contribution < 1.29 is 52.9 Å². The van der Waals surface area contributed by atoms with Gasteiger partial charge in [-0.3, -0.25) is 28.8 Å². The molecule has 0 aromatic heterocycles. The molecule has 0 bridgehead atoms. The summed E-state index contributed by atoms with van der Waals surface area (Å²) in [6.07, 6.45) is -1.86. The third-order valence-electron chi connectivity index (χ3n) is 10.7. The summed E-state index contributed by atoms with van der Waals surface area (Å²) in [5.74, 6) is -7.18. The second-order valence-electron chi connectivity index (χ2n) is 15.7. The summed E-state index contributed by atoms with van der Waals surface area (Å²) in [5, 5.41) is 15.6. The van der Waals surface area contributed by atoms with Crippen LogP contribution in [-0.2, 0) is 54.3 Å². The number of nitrogens with zero attached hydrogens (tertiary/aromatic N) is 3. The molecule has 0 aliphatic carbocycles. The van der Waals surface area contributed by atoms with Gasteiger partial charge in [0.2, 0.25) is 29.5 Å². The maximum absolute atomic E-state index is 14.1. The first-order valence-corrected chi connectivity index (χ1v) is 19.9. The Hall–Kier alpha value is -5.06. The first kappa shape index (κ1) is 49.1. The number of benzene rings is 1. The van der Waals surface area contributed by atoms with Crippen LogP contribution in [0.5, 0.6) is 0 Å². The zero-order chi connectivity index (χ0) is 44.0.